The van der Waals surface area contributed by atoms with Crippen molar-refractivity contribution >= 4 is 0 Å². The Hall–Kier alpha value is -1.94. The average molecular weight is 297 g/mol. The van der Waals surface area contributed by atoms with Gasteiger partial charge in [-0.3, -0.25) is 0 Å². The summed E-state index contributed by atoms with van der Waals surface area (Å²) in [6.45, 7) is 4.36. The van der Waals surface area contributed by atoms with Crippen LogP contribution >= 0.6 is 0 Å². The van der Waals surface area contributed by atoms with Crippen molar-refractivity contribution in [1.29, 1.82) is 0 Å². The van der Waals surface area contributed by atoms with Gasteiger partial charge in [0.15, 0.2) is 0 Å². The lowest BCUT2D eigenvalue weighted by Gasteiger charge is -2.40. The summed E-state index contributed by atoms with van der Waals surface area (Å²) in [6.07, 6.45) is 10.9. The highest BCUT2D eigenvalue weighted by Gasteiger charge is 2.43. The van der Waals surface area contributed by atoms with E-state index in [1.54, 1.807) is 6.33 Å². The van der Waals surface area contributed by atoms with Crippen LogP contribution in [0.5, 0.6) is 0 Å². The van der Waals surface area contributed by atoms with Crippen LogP contribution in [0.1, 0.15) is 43.7 Å². The van der Waals surface area contributed by atoms with Crippen LogP contribution in [0.3, 0.4) is 0 Å². The Kier molecular flexibility index (Phi) is 4.68. The molecule has 1 saturated carbocycles. The van der Waals surface area contributed by atoms with Gasteiger partial charge in [-0.05, 0) is 18.4 Å². The van der Waals surface area contributed by atoms with Crippen LogP contribution in [0.25, 0.3) is 0 Å². The second-order valence-corrected chi connectivity index (χ2v) is 5.85. The van der Waals surface area contributed by atoms with Crippen LogP contribution in [-0.4, -0.2) is 21.4 Å². The number of rotatable bonds is 5. The van der Waals surface area contributed by atoms with Gasteiger partial charge in [-0.2, -0.15) is 5.10 Å². The van der Waals surface area contributed by atoms with E-state index >= 15 is 0 Å². The summed E-state index contributed by atoms with van der Waals surface area (Å²) < 4.78 is 8.39. The lowest BCUT2D eigenvalue weighted by atomic mass is 9.82. The molecule has 1 aliphatic rings. The summed E-state index contributed by atoms with van der Waals surface area (Å²) in [7, 11) is 0. The van der Waals surface area contributed by atoms with Gasteiger partial charge in [-0.1, -0.05) is 55.7 Å². The van der Waals surface area contributed by atoms with Crippen LogP contribution in [-0.2, 0) is 10.3 Å². The minimum Gasteiger partial charge on any atom is -0.364 e. The summed E-state index contributed by atoms with van der Waals surface area (Å²) in [5, 5.41) is 4.41. The van der Waals surface area contributed by atoms with E-state index in [4.69, 9.17) is 4.74 Å². The third-order valence-corrected chi connectivity index (χ3v) is 4.54. The first-order valence-electron chi connectivity index (χ1n) is 8.01. The summed E-state index contributed by atoms with van der Waals surface area (Å²) >= 11 is 0. The highest BCUT2D eigenvalue weighted by molar-refractivity contribution is 5.25. The zero-order valence-corrected chi connectivity index (χ0v) is 12.9. The molecule has 0 aliphatic heterocycles. The van der Waals surface area contributed by atoms with Crippen molar-refractivity contribution in [1.82, 2.24) is 14.8 Å². The molecule has 1 aromatic carbocycles. The molecule has 2 atom stereocenters. The Labute approximate surface area is 131 Å². The Balaban J connectivity index is 2.07. The van der Waals surface area contributed by atoms with Crippen LogP contribution in [0.15, 0.2) is 55.6 Å². The highest BCUT2D eigenvalue weighted by atomic mass is 16.5. The minimum atomic E-state index is -0.361. The normalized spacial score (nSPS) is 25.5. The fourth-order valence-electron chi connectivity index (χ4n) is 3.54. The monoisotopic (exact) mass is 297 g/mol. The van der Waals surface area contributed by atoms with Gasteiger partial charge >= 0.3 is 0 Å². The second kappa shape index (κ2) is 6.88. The van der Waals surface area contributed by atoms with Gasteiger partial charge in [0.25, 0.3) is 0 Å². The van der Waals surface area contributed by atoms with Crippen molar-refractivity contribution in [2.45, 2.75) is 43.7 Å². The van der Waals surface area contributed by atoms with Gasteiger partial charge in [0.1, 0.15) is 18.3 Å². The first kappa shape index (κ1) is 15.0. The summed E-state index contributed by atoms with van der Waals surface area (Å²) in [5.41, 5.74) is 0.860. The molecule has 1 fully saturated rings. The Morgan fingerprint density at radius 3 is 2.86 bits per heavy atom. The molecule has 2 aromatic rings. The van der Waals surface area contributed by atoms with Gasteiger partial charge in [0.05, 0.1) is 12.6 Å². The number of ether oxygens (including phenoxy) is 1. The lowest BCUT2D eigenvalue weighted by molar-refractivity contribution is -0.0848. The number of aromatic nitrogens is 3. The third-order valence-electron chi connectivity index (χ3n) is 4.54. The maximum Gasteiger partial charge on any atom is 0.137 e. The summed E-state index contributed by atoms with van der Waals surface area (Å²) in [4.78, 5) is 4.14. The van der Waals surface area contributed by atoms with E-state index in [0.29, 0.717) is 6.61 Å². The van der Waals surface area contributed by atoms with Gasteiger partial charge in [0, 0.05) is 0 Å². The number of benzene rings is 1. The molecule has 4 heteroatoms. The van der Waals surface area contributed by atoms with Crippen LogP contribution in [0, 0.1) is 0 Å². The quantitative estimate of drug-likeness (QED) is 0.621. The van der Waals surface area contributed by atoms with E-state index in [9.17, 15) is 0 Å². The van der Waals surface area contributed by atoms with E-state index in [1.807, 2.05) is 23.2 Å². The van der Waals surface area contributed by atoms with Crippen molar-refractivity contribution < 1.29 is 4.74 Å². The molecule has 2 unspecified atom stereocenters. The maximum atomic E-state index is 6.42. The zero-order valence-electron chi connectivity index (χ0n) is 12.9. The minimum absolute atomic E-state index is 0.167. The first-order valence-corrected chi connectivity index (χ1v) is 8.01. The van der Waals surface area contributed by atoms with Crippen LogP contribution in [0.2, 0.25) is 0 Å². The standard InChI is InChI=1S/C18H23N3O/c1-2-13-22-18(16-9-5-3-6-10-16)12-8-4-7-11-17(18)21-15-19-14-20-21/h2-3,5-6,9-10,14-15,17H,1,4,7-8,11-13H2. The predicted octanol–water partition coefficient (Wildman–Crippen LogP) is 3.88. The summed E-state index contributed by atoms with van der Waals surface area (Å²) in [5.74, 6) is 0. The fourth-order valence-corrected chi connectivity index (χ4v) is 3.54. The van der Waals surface area contributed by atoms with E-state index < -0.39 is 0 Å². The lowest BCUT2D eigenvalue weighted by Crippen LogP contribution is -2.39. The molecule has 22 heavy (non-hydrogen) atoms. The van der Waals surface area contributed by atoms with Crippen LogP contribution in [0.4, 0.5) is 0 Å². The third kappa shape index (κ3) is 2.83. The highest BCUT2D eigenvalue weighted by Crippen LogP contribution is 2.46. The van der Waals surface area contributed by atoms with Gasteiger partial charge in [0.2, 0.25) is 0 Å². The van der Waals surface area contributed by atoms with E-state index in [1.165, 1.54) is 18.4 Å². The molecule has 1 aromatic heterocycles. The van der Waals surface area contributed by atoms with Crippen molar-refractivity contribution in [2.24, 2.45) is 0 Å². The fraction of sp³-hybridized carbons (Fsp3) is 0.444. The summed E-state index contributed by atoms with van der Waals surface area (Å²) in [6, 6.07) is 10.7. The Bertz CT molecular complexity index is 582. The maximum absolute atomic E-state index is 6.42. The predicted molar refractivity (Wildman–Crippen MR) is 86.4 cm³/mol. The van der Waals surface area contributed by atoms with Crippen molar-refractivity contribution in [3.05, 3.63) is 61.2 Å². The molecule has 0 bridgehead atoms. The smallest absolute Gasteiger partial charge is 0.137 e. The van der Waals surface area contributed by atoms with Gasteiger partial charge in [-0.25, -0.2) is 9.67 Å². The molecule has 0 N–H and O–H groups in total. The number of hydrogen-bond acceptors (Lipinski definition) is 3. The average Bonchev–Trinajstić information content (AvgIpc) is 3.01. The largest absolute Gasteiger partial charge is 0.364 e. The topological polar surface area (TPSA) is 39.9 Å². The molecule has 0 spiro atoms. The van der Waals surface area contributed by atoms with Gasteiger partial charge in [-0.15, -0.1) is 6.58 Å². The molecule has 0 radical (unpaired) electrons. The number of nitrogens with zero attached hydrogens (tertiary/aromatic N) is 3. The molecular weight excluding hydrogens is 274 g/mol. The molecule has 1 heterocycles. The first-order chi connectivity index (χ1) is 10.9. The van der Waals surface area contributed by atoms with Crippen LogP contribution < -0.4 is 0 Å². The Morgan fingerprint density at radius 1 is 1.27 bits per heavy atom. The SMILES string of the molecule is C=CCOC1(c2ccccc2)CCCCCC1n1cncn1. The van der Waals surface area contributed by atoms with E-state index in [2.05, 4.69) is 40.9 Å². The molecule has 0 saturated heterocycles. The van der Waals surface area contributed by atoms with E-state index in [-0.39, 0.29) is 11.6 Å². The Morgan fingerprint density at radius 2 is 2.14 bits per heavy atom. The molecule has 4 nitrogen and oxygen atoms in total. The zero-order chi connectivity index (χ0) is 15.3. The van der Waals surface area contributed by atoms with Crippen molar-refractivity contribution in [3.63, 3.8) is 0 Å². The number of hydrogen-bond donors (Lipinski definition) is 0. The molecular formula is C18H23N3O. The van der Waals surface area contributed by atoms with Gasteiger partial charge < -0.3 is 4.74 Å². The van der Waals surface area contributed by atoms with E-state index in [0.717, 1.165) is 19.3 Å². The second-order valence-electron chi connectivity index (χ2n) is 5.85. The molecule has 0 amide bonds. The van der Waals surface area contributed by atoms with Crippen molar-refractivity contribution in [2.75, 3.05) is 6.61 Å². The molecule has 1 aliphatic carbocycles. The molecule has 116 valence electrons. The molecule has 3 rings (SSSR count). The van der Waals surface area contributed by atoms with Crippen molar-refractivity contribution in [3.8, 4) is 0 Å².